The van der Waals surface area contributed by atoms with Gasteiger partial charge in [-0.2, -0.15) is 5.21 Å². The molecule has 3 rings (SSSR count). The number of hydrogen-bond donors (Lipinski definition) is 4. The van der Waals surface area contributed by atoms with E-state index >= 15 is 0 Å². The van der Waals surface area contributed by atoms with E-state index in [1.165, 1.54) is 24.5 Å². The highest BCUT2D eigenvalue weighted by Crippen LogP contribution is 2.37. The van der Waals surface area contributed by atoms with E-state index in [2.05, 4.69) is 30.6 Å². The number of tetrazole rings is 1. The van der Waals surface area contributed by atoms with Crippen molar-refractivity contribution in [2.75, 3.05) is 12.3 Å². The van der Waals surface area contributed by atoms with Crippen LogP contribution in [0.25, 0.3) is 22.5 Å². The van der Waals surface area contributed by atoms with E-state index in [-0.39, 0.29) is 33.5 Å². The van der Waals surface area contributed by atoms with Crippen LogP contribution < -0.4 is 16.6 Å². The highest BCUT2D eigenvalue weighted by atomic mass is 32.2. The molecule has 27 heavy (non-hydrogen) atoms. The van der Waals surface area contributed by atoms with E-state index in [0.717, 1.165) is 0 Å². The van der Waals surface area contributed by atoms with E-state index in [4.69, 9.17) is 10.9 Å². The molecular formula is C13H14N8O4S2. The molecule has 1 unspecified atom stereocenters. The van der Waals surface area contributed by atoms with E-state index in [1.807, 2.05) is 0 Å². The molecular weight excluding hydrogens is 396 g/mol. The zero-order valence-electron chi connectivity index (χ0n) is 13.6. The summed E-state index contributed by atoms with van der Waals surface area (Å²) in [4.78, 5) is 16.9. The second-order valence-corrected chi connectivity index (χ2v) is 8.34. The Kier molecular flexibility index (Phi) is 5.22. The average Bonchev–Trinajstić information content (AvgIpc) is 3.15. The summed E-state index contributed by atoms with van der Waals surface area (Å²) < 4.78 is 37.5. The van der Waals surface area contributed by atoms with Crippen LogP contribution in [-0.2, 0) is 20.8 Å². The molecule has 0 aliphatic heterocycles. The van der Waals surface area contributed by atoms with Crippen molar-refractivity contribution in [3.63, 3.8) is 0 Å². The van der Waals surface area contributed by atoms with Gasteiger partial charge in [-0.25, -0.2) is 27.5 Å². The van der Waals surface area contributed by atoms with Gasteiger partial charge in [-0.3, -0.25) is 0 Å². The molecule has 0 bridgehead atoms. The van der Waals surface area contributed by atoms with Crippen molar-refractivity contribution in [2.45, 2.75) is 9.79 Å². The summed E-state index contributed by atoms with van der Waals surface area (Å²) in [7, 11) is -6.07. The van der Waals surface area contributed by atoms with Gasteiger partial charge in [0.05, 0.1) is 15.5 Å². The summed E-state index contributed by atoms with van der Waals surface area (Å²) in [5.74, 6) is -0.377. The number of sulfone groups is 1. The quantitative estimate of drug-likeness (QED) is 0.366. The Morgan fingerprint density at radius 1 is 1.26 bits per heavy atom. The molecule has 2 heterocycles. The van der Waals surface area contributed by atoms with E-state index in [9.17, 15) is 17.4 Å². The van der Waals surface area contributed by atoms with Gasteiger partial charge in [0.15, 0.2) is 9.84 Å². The van der Waals surface area contributed by atoms with Crippen LogP contribution in [0.5, 0.6) is 0 Å². The second-order valence-electron chi connectivity index (χ2n) is 5.26. The van der Waals surface area contributed by atoms with Crippen LogP contribution >= 0.6 is 0 Å². The number of aromatic amines is 2. The average molecular weight is 410 g/mol. The summed E-state index contributed by atoms with van der Waals surface area (Å²) in [6.45, 7) is -0.123. The van der Waals surface area contributed by atoms with Gasteiger partial charge in [0.2, 0.25) is 5.82 Å². The van der Waals surface area contributed by atoms with E-state index < -0.39 is 26.5 Å². The Hall–Kier alpha value is -2.81. The Balaban J connectivity index is 2.40. The van der Waals surface area contributed by atoms with Gasteiger partial charge in [0, 0.05) is 30.1 Å². The molecule has 14 heteroatoms. The van der Waals surface area contributed by atoms with Crippen LogP contribution in [0, 0.1) is 0 Å². The van der Waals surface area contributed by atoms with E-state index in [0.29, 0.717) is 11.1 Å². The predicted molar refractivity (Wildman–Crippen MR) is 95.2 cm³/mol. The Bertz CT molecular complexity index is 1140. The molecule has 1 atom stereocenters. The van der Waals surface area contributed by atoms with Crippen molar-refractivity contribution >= 4 is 20.8 Å². The van der Waals surface area contributed by atoms with Crippen molar-refractivity contribution in [1.82, 2.24) is 30.6 Å². The third-order valence-corrected chi connectivity index (χ3v) is 6.34. The third kappa shape index (κ3) is 3.68. The molecule has 142 valence electrons. The molecule has 0 aliphatic rings. The fourth-order valence-electron chi connectivity index (χ4n) is 2.49. The standard InChI is InChI=1S/C13H14N8O4S2/c14-3-4-27(24,25)9-2-1-8(7-5-16-13(22)17-6-7)10(11(9)26(15)23)12-18-20-21-19-12/h1-2,5-6H,3-4,14-15H2,(H,16,17,22)(H,18,19,20,21). The maximum atomic E-state index is 12.6. The summed E-state index contributed by atoms with van der Waals surface area (Å²) in [5.41, 5.74) is 5.67. The highest BCUT2D eigenvalue weighted by Gasteiger charge is 2.28. The second kappa shape index (κ2) is 7.43. The predicted octanol–water partition coefficient (Wildman–Crippen LogP) is -1.67. The highest BCUT2D eigenvalue weighted by molar-refractivity contribution is 7.92. The number of H-pyrrole nitrogens is 2. The molecule has 0 saturated carbocycles. The maximum Gasteiger partial charge on any atom is 0.344 e. The number of nitrogens with one attached hydrogen (secondary N) is 2. The smallest absolute Gasteiger partial charge is 0.329 e. The van der Waals surface area contributed by atoms with Gasteiger partial charge in [0.1, 0.15) is 11.0 Å². The lowest BCUT2D eigenvalue weighted by atomic mass is 10.0. The first-order valence-corrected chi connectivity index (χ1v) is 10.3. The molecule has 6 N–H and O–H groups in total. The number of nitrogens with two attached hydrogens (primary N) is 2. The Labute approximate surface area is 154 Å². The molecule has 0 amide bonds. The first-order valence-electron chi connectivity index (χ1n) is 7.40. The summed E-state index contributed by atoms with van der Waals surface area (Å²) >= 11 is 0. The lowest BCUT2D eigenvalue weighted by molar-refractivity contribution is 0.593. The molecule has 1 aromatic carbocycles. The summed E-state index contributed by atoms with van der Waals surface area (Å²) in [5, 5.41) is 19.0. The number of rotatable bonds is 6. The monoisotopic (exact) mass is 410 g/mol. The molecule has 0 radical (unpaired) electrons. The van der Waals surface area contributed by atoms with Crippen LogP contribution in [0.3, 0.4) is 0 Å². The lowest BCUT2D eigenvalue weighted by Gasteiger charge is -2.15. The first-order chi connectivity index (χ1) is 12.8. The van der Waals surface area contributed by atoms with Crippen molar-refractivity contribution in [1.29, 1.82) is 0 Å². The maximum absolute atomic E-state index is 12.6. The van der Waals surface area contributed by atoms with Gasteiger partial charge >= 0.3 is 5.69 Å². The molecule has 12 nitrogen and oxygen atoms in total. The van der Waals surface area contributed by atoms with Gasteiger partial charge < -0.3 is 10.7 Å². The molecule has 3 aromatic rings. The minimum atomic E-state index is -3.86. The fraction of sp³-hybridized carbons (Fsp3) is 0.154. The normalized spacial score (nSPS) is 12.8. The summed E-state index contributed by atoms with van der Waals surface area (Å²) in [6, 6.07) is 2.73. The SMILES string of the molecule is NCCS(=O)(=O)c1ccc(-c2cnc(=O)[nH]c2)c(-c2nn[nH]n2)c1S(N)=O. The third-order valence-electron chi connectivity index (χ3n) is 3.60. The minimum absolute atomic E-state index is 0.0187. The van der Waals surface area contributed by atoms with Crippen LogP contribution in [0.15, 0.2) is 39.1 Å². The number of nitrogens with zero attached hydrogens (tertiary/aromatic N) is 4. The number of aromatic nitrogens is 6. The molecule has 0 saturated heterocycles. The first kappa shape index (κ1) is 19.0. The largest absolute Gasteiger partial charge is 0.344 e. The van der Waals surface area contributed by atoms with Crippen molar-refractivity contribution in [3.8, 4) is 22.5 Å². The molecule has 0 fully saturated rings. The van der Waals surface area contributed by atoms with Gasteiger partial charge in [-0.15, -0.1) is 10.2 Å². The van der Waals surface area contributed by atoms with Crippen molar-refractivity contribution in [2.24, 2.45) is 10.9 Å². The summed E-state index contributed by atoms with van der Waals surface area (Å²) in [6.07, 6.45) is 2.64. The fourth-order valence-corrected chi connectivity index (χ4v) is 4.98. The number of benzene rings is 1. The number of hydrogen-bond acceptors (Lipinski definition) is 9. The van der Waals surface area contributed by atoms with Gasteiger partial charge in [-0.1, -0.05) is 6.07 Å². The van der Waals surface area contributed by atoms with Crippen LogP contribution in [0.1, 0.15) is 0 Å². The Morgan fingerprint density at radius 2 is 2.04 bits per heavy atom. The van der Waals surface area contributed by atoms with Crippen LogP contribution in [-0.4, -0.2) is 55.5 Å². The zero-order chi connectivity index (χ0) is 19.6. The van der Waals surface area contributed by atoms with Crippen LogP contribution in [0.4, 0.5) is 0 Å². The van der Waals surface area contributed by atoms with E-state index in [1.54, 1.807) is 0 Å². The van der Waals surface area contributed by atoms with Crippen LogP contribution in [0.2, 0.25) is 0 Å². The molecule has 0 aliphatic carbocycles. The minimum Gasteiger partial charge on any atom is -0.329 e. The topological polar surface area (TPSA) is 203 Å². The zero-order valence-corrected chi connectivity index (χ0v) is 15.2. The molecule has 2 aromatic heterocycles. The van der Waals surface area contributed by atoms with Gasteiger partial charge in [0.25, 0.3) is 0 Å². The molecule has 0 spiro atoms. The van der Waals surface area contributed by atoms with Gasteiger partial charge in [-0.05, 0) is 16.8 Å². The Morgan fingerprint density at radius 3 is 2.59 bits per heavy atom. The van der Waals surface area contributed by atoms with Crippen molar-refractivity contribution < 1.29 is 12.6 Å². The lowest BCUT2D eigenvalue weighted by Crippen LogP contribution is -2.19. The van der Waals surface area contributed by atoms with Crippen molar-refractivity contribution in [3.05, 3.63) is 35.0 Å².